The Balaban J connectivity index is 0.000000160. The van der Waals surface area contributed by atoms with E-state index in [4.69, 9.17) is 10.5 Å². The van der Waals surface area contributed by atoms with Crippen molar-refractivity contribution in [2.45, 2.75) is 19.3 Å². The van der Waals surface area contributed by atoms with Crippen molar-refractivity contribution in [3.05, 3.63) is 30.0 Å². The van der Waals surface area contributed by atoms with Gasteiger partial charge >= 0.3 is 0 Å². The van der Waals surface area contributed by atoms with Gasteiger partial charge in [-0.05, 0) is 0 Å². The fraction of sp³-hybridized carbons (Fsp3) is 0.273. The Hall–Kier alpha value is -2.40. The summed E-state index contributed by atoms with van der Waals surface area (Å²) in [6.07, 6.45) is 8.75. The molecule has 0 aromatic carbocycles. The maximum atomic E-state index is 8.16. The highest BCUT2D eigenvalue weighted by molar-refractivity contribution is 5.64. The van der Waals surface area contributed by atoms with E-state index in [0.29, 0.717) is 12.8 Å². The lowest BCUT2D eigenvalue weighted by Gasteiger charge is -1.81. The van der Waals surface area contributed by atoms with Crippen molar-refractivity contribution in [3.63, 3.8) is 0 Å². The van der Waals surface area contributed by atoms with Crippen molar-refractivity contribution in [1.82, 2.24) is 9.97 Å². The third-order valence-electron chi connectivity index (χ3n) is 1.80. The van der Waals surface area contributed by atoms with Crippen molar-refractivity contribution >= 4 is 6.21 Å². The molecular formula is C11H11N5. The number of imidazole rings is 1. The Morgan fingerprint density at radius 3 is 2.62 bits per heavy atom. The highest BCUT2D eigenvalue weighted by Gasteiger charge is 1.95. The van der Waals surface area contributed by atoms with Crippen LogP contribution in [-0.4, -0.2) is 16.2 Å². The number of nitriles is 2. The summed E-state index contributed by atoms with van der Waals surface area (Å²) in [5.74, 6) is 0. The fourth-order valence-electron chi connectivity index (χ4n) is 1.08. The number of hydrogen-bond acceptors (Lipinski definition) is 4. The molecule has 0 atom stereocenters. The molecule has 1 N–H and O–H groups in total. The maximum Gasteiger partial charge on any atom is 0.0922 e. The zero-order valence-electron chi connectivity index (χ0n) is 8.72. The van der Waals surface area contributed by atoms with Crippen LogP contribution in [0.4, 0.5) is 0 Å². The van der Waals surface area contributed by atoms with Crippen molar-refractivity contribution in [2.24, 2.45) is 4.99 Å². The van der Waals surface area contributed by atoms with Crippen LogP contribution in [0, 0.1) is 22.7 Å². The van der Waals surface area contributed by atoms with Crippen LogP contribution in [0.5, 0.6) is 0 Å². The number of rotatable bonds is 2. The van der Waals surface area contributed by atoms with Crippen LogP contribution < -0.4 is 0 Å². The summed E-state index contributed by atoms with van der Waals surface area (Å²) in [6.45, 7) is 0. The molecule has 0 radical (unpaired) electrons. The summed E-state index contributed by atoms with van der Waals surface area (Å²) in [7, 11) is 0. The highest BCUT2D eigenvalue weighted by Crippen LogP contribution is 2.07. The average molecular weight is 213 g/mol. The summed E-state index contributed by atoms with van der Waals surface area (Å²) in [4.78, 5) is 10.5. The van der Waals surface area contributed by atoms with Crippen LogP contribution >= 0.6 is 0 Å². The van der Waals surface area contributed by atoms with Crippen LogP contribution in [0.2, 0.25) is 0 Å². The van der Waals surface area contributed by atoms with Crippen molar-refractivity contribution in [2.75, 3.05) is 0 Å². The van der Waals surface area contributed by atoms with Gasteiger partial charge in [0.1, 0.15) is 0 Å². The van der Waals surface area contributed by atoms with Gasteiger partial charge in [-0.1, -0.05) is 6.08 Å². The molecule has 0 spiro atoms. The molecule has 2 heterocycles. The normalized spacial score (nSPS) is 12.0. The van der Waals surface area contributed by atoms with Gasteiger partial charge in [-0.25, -0.2) is 4.98 Å². The minimum Gasteiger partial charge on any atom is -0.348 e. The van der Waals surface area contributed by atoms with Crippen LogP contribution in [0.15, 0.2) is 29.3 Å². The molecule has 0 amide bonds. The molecule has 0 fully saturated rings. The summed E-state index contributed by atoms with van der Waals surface area (Å²) >= 11 is 0. The second kappa shape index (κ2) is 6.97. The van der Waals surface area contributed by atoms with Crippen LogP contribution in [0.3, 0.4) is 0 Å². The molecule has 5 heteroatoms. The van der Waals surface area contributed by atoms with Gasteiger partial charge in [0, 0.05) is 24.5 Å². The molecule has 0 aliphatic carbocycles. The molecule has 5 nitrogen and oxygen atoms in total. The van der Waals surface area contributed by atoms with E-state index < -0.39 is 0 Å². The molecule has 2 rings (SSSR count). The smallest absolute Gasteiger partial charge is 0.0922 e. The molecule has 0 unspecified atom stereocenters. The van der Waals surface area contributed by atoms with E-state index in [-0.39, 0.29) is 0 Å². The number of hydrogen-bond donors (Lipinski definition) is 1. The van der Waals surface area contributed by atoms with Gasteiger partial charge in [-0.3, -0.25) is 4.99 Å². The molecule has 80 valence electrons. The SMILES string of the molecule is N#CCC1=CCC=N1.N#CCc1cnc[nH]1. The molecule has 1 aromatic heterocycles. The number of allylic oxidation sites excluding steroid dienone is 2. The van der Waals surface area contributed by atoms with Crippen LogP contribution in [0.25, 0.3) is 0 Å². The molecule has 1 aliphatic heterocycles. The minimum atomic E-state index is 0.417. The molecule has 0 bridgehead atoms. The van der Waals surface area contributed by atoms with Crippen molar-refractivity contribution in [1.29, 1.82) is 10.5 Å². The standard InChI is InChI=1S/C6H6N2.C5H5N3/c7-4-3-6-2-1-5-8-6;6-2-1-5-3-7-4-8-5/h2,5H,1,3H2;3-4H,1H2,(H,7,8). The van der Waals surface area contributed by atoms with E-state index >= 15 is 0 Å². The highest BCUT2D eigenvalue weighted by atomic mass is 14.9. The van der Waals surface area contributed by atoms with Gasteiger partial charge in [-0.15, -0.1) is 0 Å². The van der Waals surface area contributed by atoms with Crippen molar-refractivity contribution in [3.8, 4) is 12.1 Å². The van der Waals surface area contributed by atoms with Gasteiger partial charge in [0.2, 0.25) is 0 Å². The second-order valence-corrected chi connectivity index (χ2v) is 2.99. The zero-order valence-corrected chi connectivity index (χ0v) is 8.72. The topological polar surface area (TPSA) is 88.6 Å². The minimum absolute atomic E-state index is 0.417. The Morgan fingerprint density at radius 2 is 2.12 bits per heavy atom. The van der Waals surface area contributed by atoms with E-state index in [1.165, 1.54) is 0 Å². The van der Waals surface area contributed by atoms with Gasteiger partial charge in [0.25, 0.3) is 0 Å². The number of aromatic amines is 1. The molecular weight excluding hydrogens is 202 g/mol. The quantitative estimate of drug-likeness (QED) is 0.811. The van der Waals surface area contributed by atoms with E-state index in [1.807, 2.05) is 24.4 Å². The Bertz CT molecular complexity index is 442. The first-order chi connectivity index (χ1) is 7.86. The van der Waals surface area contributed by atoms with Gasteiger partial charge in [-0.2, -0.15) is 10.5 Å². The molecule has 16 heavy (non-hydrogen) atoms. The number of aliphatic imine (C=N–C) groups is 1. The molecule has 1 aromatic rings. The lowest BCUT2D eigenvalue weighted by Crippen LogP contribution is -1.76. The Labute approximate surface area is 93.8 Å². The average Bonchev–Trinajstić information content (AvgIpc) is 2.92. The fourth-order valence-corrected chi connectivity index (χ4v) is 1.08. The zero-order chi connectivity index (χ0) is 11.6. The first kappa shape index (κ1) is 11.7. The predicted molar refractivity (Wildman–Crippen MR) is 59.3 cm³/mol. The van der Waals surface area contributed by atoms with E-state index in [2.05, 4.69) is 15.0 Å². The van der Waals surface area contributed by atoms with E-state index in [0.717, 1.165) is 17.8 Å². The summed E-state index contributed by atoms with van der Waals surface area (Å²) in [5.41, 5.74) is 1.78. The monoisotopic (exact) mass is 213 g/mol. The third kappa shape index (κ3) is 4.21. The lowest BCUT2D eigenvalue weighted by atomic mass is 10.3. The summed E-state index contributed by atoms with van der Waals surface area (Å²) in [6, 6.07) is 4.03. The Morgan fingerprint density at radius 1 is 1.31 bits per heavy atom. The van der Waals surface area contributed by atoms with Crippen molar-refractivity contribution < 1.29 is 0 Å². The van der Waals surface area contributed by atoms with E-state index in [1.54, 1.807) is 12.5 Å². The number of aromatic nitrogens is 2. The van der Waals surface area contributed by atoms with Crippen LogP contribution in [0.1, 0.15) is 18.5 Å². The number of nitrogens with zero attached hydrogens (tertiary/aromatic N) is 4. The number of H-pyrrole nitrogens is 1. The third-order valence-corrected chi connectivity index (χ3v) is 1.80. The molecule has 1 aliphatic rings. The number of nitrogens with one attached hydrogen (secondary N) is 1. The first-order valence-corrected chi connectivity index (χ1v) is 4.79. The van der Waals surface area contributed by atoms with Gasteiger partial charge < -0.3 is 4.98 Å². The first-order valence-electron chi connectivity index (χ1n) is 4.79. The summed E-state index contributed by atoms with van der Waals surface area (Å²) in [5, 5.41) is 16.3. The lowest BCUT2D eigenvalue weighted by molar-refractivity contribution is 1.16. The maximum absolute atomic E-state index is 8.16. The molecule has 0 saturated heterocycles. The molecule has 0 saturated carbocycles. The Kier molecular flexibility index (Phi) is 5.08. The summed E-state index contributed by atoms with van der Waals surface area (Å²) < 4.78 is 0. The second-order valence-electron chi connectivity index (χ2n) is 2.99. The van der Waals surface area contributed by atoms with Gasteiger partial charge in [0.15, 0.2) is 0 Å². The van der Waals surface area contributed by atoms with Gasteiger partial charge in [0.05, 0.1) is 37.0 Å². The largest absolute Gasteiger partial charge is 0.348 e. The predicted octanol–water partition coefficient (Wildman–Crippen LogP) is 1.73. The van der Waals surface area contributed by atoms with E-state index in [9.17, 15) is 0 Å². The van der Waals surface area contributed by atoms with Crippen LogP contribution in [-0.2, 0) is 6.42 Å².